The van der Waals surface area contributed by atoms with Crippen LogP contribution in [0.5, 0.6) is 5.75 Å². The van der Waals surface area contributed by atoms with Gasteiger partial charge in [0.05, 0.1) is 6.42 Å². The molecule has 0 fully saturated rings. The summed E-state index contributed by atoms with van der Waals surface area (Å²) < 4.78 is 6.38. The molecule has 0 heterocycles. The molecule has 0 aliphatic heterocycles. The summed E-state index contributed by atoms with van der Waals surface area (Å²) in [6, 6.07) is 6.68. The Kier molecular flexibility index (Phi) is 5.82. The van der Waals surface area contributed by atoms with Gasteiger partial charge >= 0.3 is 5.97 Å². The Morgan fingerprint density at radius 1 is 1.32 bits per heavy atom. The Bertz CT molecular complexity index is 446. The van der Waals surface area contributed by atoms with Crippen molar-refractivity contribution in [1.29, 1.82) is 0 Å². The summed E-state index contributed by atoms with van der Waals surface area (Å²) >= 11 is 3.31. The Morgan fingerprint density at radius 3 is 2.42 bits per heavy atom. The number of aliphatic carboxylic acids is 1. The van der Waals surface area contributed by atoms with E-state index in [2.05, 4.69) is 21.2 Å². The quantitative estimate of drug-likeness (QED) is 0.838. The second-order valence-corrected chi connectivity index (χ2v) is 5.14. The number of halogens is 1. The first-order valence-electron chi connectivity index (χ1n) is 5.83. The summed E-state index contributed by atoms with van der Waals surface area (Å²) in [5.74, 6) is -0.706. The van der Waals surface area contributed by atoms with Crippen molar-refractivity contribution in [1.82, 2.24) is 5.32 Å². The molecule has 1 rings (SSSR count). The molecule has 1 aromatic carbocycles. The van der Waals surface area contributed by atoms with Crippen molar-refractivity contribution in [3.63, 3.8) is 0 Å². The third-order valence-electron chi connectivity index (χ3n) is 2.37. The number of carboxylic acids is 1. The number of rotatable bonds is 6. The second kappa shape index (κ2) is 7.13. The summed E-state index contributed by atoms with van der Waals surface area (Å²) in [5, 5.41) is 11.2. The Balaban J connectivity index is 2.48. The minimum Gasteiger partial charge on any atom is -0.481 e. The Morgan fingerprint density at radius 2 is 1.89 bits per heavy atom. The van der Waals surface area contributed by atoms with E-state index in [9.17, 15) is 9.59 Å². The first-order chi connectivity index (χ1) is 8.88. The van der Waals surface area contributed by atoms with Gasteiger partial charge in [0.2, 0.25) is 0 Å². The summed E-state index contributed by atoms with van der Waals surface area (Å²) in [4.78, 5) is 22.3. The lowest BCUT2D eigenvalue weighted by atomic mass is 10.2. The van der Waals surface area contributed by atoms with Gasteiger partial charge in [-0.25, -0.2) is 0 Å². The molecule has 1 amide bonds. The molecule has 2 unspecified atom stereocenters. The van der Waals surface area contributed by atoms with Crippen LogP contribution in [0.3, 0.4) is 0 Å². The van der Waals surface area contributed by atoms with Gasteiger partial charge in [0.25, 0.3) is 5.91 Å². The van der Waals surface area contributed by atoms with Gasteiger partial charge in [0.15, 0.2) is 6.10 Å². The molecular weight excluding hydrogens is 314 g/mol. The van der Waals surface area contributed by atoms with Crippen LogP contribution in [0.4, 0.5) is 0 Å². The van der Waals surface area contributed by atoms with Crippen LogP contribution in [0.2, 0.25) is 0 Å². The third-order valence-corrected chi connectivity index (χ3v) is 2.89. The van der Waals surface area contributed by atoms with E-state index in [1.807, 2.05) is 12.1 Å². The van der Waals surface area contributed by atoms with E-state index in [1.54, 1.807) is 26.0 Å². The van der Waals surface area contributed by atoms with E-state index in [4.69, 9.17) is 9.84 Å². The SMILES string of the molecule is CC(CC(=O)O)NC(=O)C(C)Oc1ccc(Br)cc1. The number of ether oxygens (including phenoxy) is 1. The number of hydrogen-bond acceptors (Lipinski definition) is 3. The van der Waals surface area contributed by atoms with Crippen molar-refractivity contribution >= 4 is 27.8 Å². The van der Waals surface area contributed by atoms with Crippen molar-refractivity contribution in [2.75, 3.05) is 0 Å². The second-order valence-electron chi connectivity index (χ2n) is 4.22. The molecule has 0 aliphatic carbocycles. The molecule has 6 heteroatoms. The van der Waals surface area contributed by atoms with Crippen molar-refractivity contribution in [3.8, 4) is 5.75 Å². The Labute approximate surface area is 120 Å². The van der Waals surface area contributed by atoms with E-state index in [0.717, 1.165) is 4.47 Å². The molecular formula is C13H16BrNO4. The zero-order chi connectivity index (χ0) is 14.4. The van der Waals surface area contributed by atoms with Crippen LogP contribution >= 0.6 is 15.9 Å². The molecule has 0 aliphatic rings. The lowest BCUT2D eigenvalue weighted by Gasteiger charge is -2.17. The van der Waals surface area contributed by atoms with E-state index in [1.165, 1.54) is 0 Å². The highest BCUT2D eigenvalue weighted by molar-refractivity contribution is 9.10. The number of amides is 1. The molecule has 19 heavy (non-hydrogen) atoms. The van der Waals surface area contributed by atoms with Crippen molar-refractivity contribution in [2.24, 2.45) is 0 Å². The molecule has 104 valence electrons. The van der Waals surface area contributed by atoms with Gasteiger partial charge in [0.1, 0.15) is 5.75 Å². The van der Waals surface area contributed by atoms with Crippen LogP contribution in [0.15, 0.2) is 28.7 Å². The molecule has 0 radical (unpaired) electrons. The minimum atomic E-state index is -0.950. The third kappa shape index (κ3) is 5.74. The minimum absolute atomic E-state index is 0.114. The van der Waals surface area contributed by atoms with Crippen LogP contribution in [-0.4, -0.2) is 29.1 Å². The van der Waals surface area contributed by atoms with Crippen LogP contribution in [0, 0.1) is 0 Å². The highest BCUT2D eigenvalue weighted by Crippen LogP contribution is 2.17. The van der Waals surface area contributed by atoms with Gasteiger partial charge in [0, 0.05) is 10.5 Å². The van der Waals surface area contributed by atoms with E-state index < -0.39 is 18.1 Å². The first kappa shape index (κ1) is 15.5. The molecule has 0 spiro atoms. The zero-order valence-electron chi connectivity index (χ0n) is 10.7. The summed E-state index contributed by atoms with van der Waals surface area (Å²) in [6.07, 6.45) is -0.797. The summed E-state index contributed by atoms with van der Waals surface area (Å²) in [6.45, 7) is 3.25. The van der Waals surface area contributed by atoms with E-state index >= 15 is 0 Å². The highest BCUT2D eigenvalue weighted by atomic mass is 79.9. The van der Waals surface area contributed by atoms with Crippen LogP contribution in [0.1, 0.15) is 20.3 Å². The Hall–Kier alpha value is -1.56. The van der Waals surface area contributed by atoms with Gasteiger partial charge in [-0.3, -0.25) is 9.59 Å². The fraction of sp³-hybridized carbons (Fsp3) is 0.385. The molecule has 0 aromatic heterocycles. The molecule has 1 aromatic rings. The highest BCUT2D eigenvalue weighted by Gasteiger charge is 2.18. The lowest BCUT2D eigenvalue weighted by Crippen LogP contribution is -2.42. The first-order valence-corrected chi connectivity index (χ1v) is 6.62. The number of nitrogens with one attached hydrogen (secondary N) is 1. The van der Waals surface area contributed by atoms with E-state index in [-0.39, 0.29) is 12.3 Å². The maximum absolute atomic E-state index is 11.8. The van der Waals surface area contributed by atoms with Gasteiger partial charge in [-0.05, 0) is 38.1 Å². The summed E-state index contributed by atoms with van der Waals surface area (Å²) in [5.41, 5.74) is 0. The predicted octanol–water partition coefficient (Wildman–Crippen LogP) is 2.20. The molecule has 0 saturated carbocycles. The van der Waals surface area contributed by atoms with Crippen molar-refractivity contribution < 1.29 is 19.4 Å². The number of carbonyl (C=O) groups excluding carboxylic acids is 1. The van der Waals surface area contributed by atoms with Crippen LogP contribution in [-0.2, 0) is 9.59 Å². The maximum atomic E-state index is 11.8. The average molecular weight is 330 g/mol. The number of hydrogen-bond donors (Lipinski definition) is 2. The van der Waals surface area contributed by atoms with Crippen LogP contribution < -0.4 is 10.1 Å². The number of benzene rings is 1. The van der Waals surface area contributed by atoms with Gasteiger partial charge in [-0.15, -0.1) is 0 Å². The van der Waals surface area contributed by atoms with Gasteiger partial charge in [-0.2, -0.15) is 0 Å². The molecule has 2 atom stereocenters. The summed E-state index contributed by atoms with van der Waals surface area (Å²) in [7, 11) is 0. The number of carboxylic acid groups (broad SMARTS) is 1. The average Bonchev–Trinajstić information content (AvgIpc) is 2.30. The maximum Gasteiger partial charge on any atom is 0.305 e. The largest absolute Gasteiger partial charge is 0.481 e. The molecule has 2 N–H and O–H groups in total. The standard InChI is InChI=1S/C13H16BrNO4/c1-8(7-12(16)17)15-13(18)9(2)19-11-5-3-10(14)4-6-11/h3-6,8-9H,7H2,1-2H3,(H,15,18)(H,16,17). The van der Waals surface area contributed by atoms with Gasteiger partial charge in [-0.1, -0.05) is 15.9 Å². The fourth-order valence-corrected chi connectivity index (χ4v) is 1.71. The van der Waals surface area contributed by atoms with Gasteiger partial charge < -0.3 is 15.2 Å². The van der Waals surface area contributed by atoms with Crippen molar-refractivity contribution in [2.45, 2.75) is 32.4 Å². The number of carbonyl (C=O) groups is 2. The monoisotopic (exact) mass is 329 g/mol. The topological polar surface area (TPSA) is 75.6 Å². The van der Waals surface area contributed by atoms with Crippen LogP contribution in [0.25, 0.3) is 0 Å². The lowest BCUT2D eigenvalue weighted by molar-refractivity contribution is -0.137. The van der Waals surface area contributed by atoms with E-state index in [0.29, 0.717) is 5.75 Å². The fourth-order valence-electron chi connectivity index (χ4n) is 1.44. The smallest absolute Gasteiger partial charge is 0.305 e. The van der Waals surface area contributed by atoms with Crippen molar-refractivity contribution in [3.05, 3.63) is 28.7 Å². The zero-order valence-corrected chi connectivity index (χ0v) is 12.3. The molecule has 0 bridgehead atoms. The molecule has 5 nitrogen and oxygen atoms in total. The predicted molar refractivity (Wildman–Crippen MR) is 74.1 cm³/mol. The normalized spacial score (nSPS) is 13.4. The molecule has 0 saturated heterocycles.